The van der Waals surface area contributed by atoms with Gasteiger partial charge in [-0.05, 0) is 57.6 Å². The minimum absolute atomic E-state index is 0.0674. The fraction of sp³-hybridized carbons (Fsp3) is 0.435. The summed E-state index contributed by atoms with van der Waals surface area (Å²) in [6, 6.07) is 8.56. The van der Waals surface area contributed by atoms with Gasteiger partial charge < -0.3 is 9.47 Å². The summed E-state index contributed by atoms with van der Waals surface area (Å²) in [5.41, 5.74) is 6.12. The van der Waals surface area contributed by atoms with Gasteiger partial charge in [0.05, 0.1) is 6.04 Å². The molecule has 0 N–H and O–H groups in total. The molecular formula is C23H28N2O. The molecule has 0 fully saturated rings. The Balaban J connectivity index is 1.69. The van der Waals surface area contributed by atoms with Crippen molar-refractivity contribution in [2.24, 2.45) is 7.05 Å². The van der Waals surface area contributed by atoms with Crippen LogP contribution in [0.3, 0.4) is 0 Å². The zero-order valence-corrected chi connectivity index (χ0v) is 16.1. The monoisotopic (exact) mass is 348 g/mol. The first kappa shape index (κ1) is 17.1. The van der Waals surface area contributed by atoms with E-state index in [0.717, 1.165) is 18.5 Å². The predicted molar refractivity (Wildman–Crippen MR) is 107 cm³/mol. The highest BCUT2D eigenvalue weighted by Crippen LogP contribution is 2.41. The van der Waals surface area contributed by atoms with Gasteiger partial charge in [0.2, 0.25) is 5.91 Å². The molecule has 0 spiro atoms. The first-order valence-electron chi connectivity index (χ1n) is 9.78. The minimum atomic E-state index is 0.0674. The van der Waals surface area contributed by atoms with Crippen LogP contribution in [-0.4, -0.2) is 21.9 Å². The number of benzene rings is 1. The molecule has 1 aromatic carbocycles. The smallest absolute Gasteiger partial charge is 0.250 e. The third-order valence-electron chi connectivity index (χ3n) is 6.18. The van der Waals surface area contributed by atoms with Crippen molar-refractivity contribution >= 4 is 16.8 Å². The highest BCUT2D eigenvalue weighted by Gasteiger charge is 2.36. The van der Waals surface area contributed by atoms with Crippen LogP contribution in [0.1, 0.15) is 57.6 Å². The van der Waals surface area contributed by atoms with Crippen LogP contribution in [0, 0.1) is 0 Å². The SMILES string of the molecule is CC1=C(C)[C@H](c2cn(C)c3ccccc23)N(CCC2=CCCCC2)C1=O. The molecule has 0 unspecified atom stereocenters. The number of carbonyl (C=O) groups excluding carboxylic acids is 1. The standard InChI is InChI=1S/C23H28N2O/c1-16-17(2)23(26)25(14-13-18-9-5-4-6-10-18)22(16)20-15-24(3)21-12-8-7-11-19(20)21/h7-9,11-12,15,22H,4-6,10,13-14H2,1-3H3/t22-/m1/s1. The Morgan fingerprint density at radius 1 is 1.15 bits per heavy atom. The predicted octanol–water partition coefficient (Wildman–Crippen LogP) is 5.29. The van der Waals surface area contributed by atoms with Gasteiger partial charge in [-0.3, -0.25) is 4.79 Å². The average Bonchev–Trinajstić information content (AvgIpc) is 3.10. The molecule has 2 heterocycles. The van der Waals surface area contributed by atoms with Crippen molar-refractivity contribution in [3.8, 4) is 0 Å². The van der Waals surface area contributed by atoms with Crippen molar-refractivity contribution in [3.63, 3.8) is 0 Å². The molecule has 136 valence electrons. The van der Waals surface area contributed by atoms with Gasteiger partial charge >= 0.3 is 0 Å². The van der Waals surface area contributed by atoms with Gasteiger partial charge in [0.15, 0.2) is 0 Å². The topological polar surface area (TPSA) is 25.2 Å². The quantitative estimate of drug-likeness (QED) is 0.689. The highest BCUT2D eigenvalue weighted by atomic mass is 16.2. The second kappa shape index (κ2) is 6.79. The zero-order chi connectivity index (χ0) is 18.3. The molecule has 0 saturated heterocycles. The molecule has 0 saturated carbocycles. The molecule has 26 heavy (non-hydrogen) atoms. The number of nitrogens with zero attached hydrogens (tertiary/aromatic N) is 2. The van der Waals surface area contributed by atoms with Crippen LogP contribution in [0.5, 0.6) is 0 Å². The maximum absolute atomic E-state index is 13.0. The van der Waals surface area contributed by atoms with Crippen molar-refractivity contribution < 1.29 is 4.79 Å². The molecule has 1 amide bonds. The molecule has 0 bridgehead atoms. The first-order valence-corrected chi connectivity index (χ1v) is 9.78. The van der Waals surface area contributed by atoms with Gasteiger partial charge in [-0.15, -0.1) is 0 Å². The summed E-state index contributed by atoms with van der Waals surface area (Å²) in [4.78, 5) is 15.1. The Labute approximate surface area is 156 Å². The Morgan fingerprint density at radius 2 is 1.96 bits per heavy atom. The molecule has 3 heteroatoms. The molecule has 1 aliphatic heterocycles. The summed E-state index contributed by atoms with van der Waals surface area (Å²) in [6.45, 7) is 4.92. The van der Waals surface area contributed by atoms with E-state index >= 15 is 0 Å². The third-order valence-corrected chi connectivity index (χ3v) is 6.18. The van der Waals surface area contributed by atoms with Crippen LogP contribution in [-0.2, 0) is 11.8 Å². The lowest BCUT2D eigenvalue weighted by molar-refractivity contribution is -0.127. The number of aromatic nitrogens is 1. The van der Waals surface area contributed by atoms with E-state index in [4.69, 9.17) is 0 Å². The summed E-state index contributed by atoms with van der Waals surface area (Å²) in [7, 11) is 2.09. The number of para-hydroxylation sites is 1. The van der Waals surface area contributed by atoms with Crippen molar-refractivity contribution in [2.45, 2.75) is 52.0 Å². The van der Waals surface area contributed by atoms with E-state index in [2.05, 4.69) is 60.0 Å². The van der Waals surface area contributed by atoms with Crippen molar-refractivity contribution in [1.29, 1.82) is 0 Å². The maximum Gasteiger partial charge on any atom is 0.250 e. The summed E-state index contributed by atoms with van der Waals surface area (Å²) in [5.74, 6) is 0.205. The number of hydrogen-bond donors (Lipinski definition) is 0. The molecule has 2 aliphatic rings. The molecule has 0 radical (unpaired) electrons. The van der Waals surface area contributed by atoms with E-state index < -0.39 is 0 Å². The Kier molecular flexibility index (Phi) is 4.47. The summed E-state index contributed by atoms with van der Waals surface area (Å²) in [5, 5.41) is 1.25. The van der Waals surface area contributed by atoms with Crippen molar-refractivity contribution in [1.82, 2.24) is 9.47 Å². The number of rotatable bonds is 4. The highest BCUT2D eigenvalue weighted by molar-refractivity contribution is 5.98. The van der Waals surface area contributed by atoms with E-state index in [1.54, 1.807) is 0 Å². The van der Waals surface area contributed by atoms with Crippen LogP contribution < -0.4 is 0 Å². The van der Waals surface area contributed by atoms with Crippen LogP contribution in [0.4, 0.5) is 0 Å². The average molecular weight is 348 g/mol. The second-order valence-electron chi connectivity index (χ2n) is 7.78. The van der Waals surface area contributed by atoms with Gasteiger partial charge in [-0.1, -0.05) is 29.8 Å². The molecule has 1 aliphatic carbocycles. The fourth-order valence-electron chi connectivity index (χ4n) is 4.56. The van der Waals surface area contributed by atoms with E-state index in [1.165, 1.54) is 53.3 Å². The second-order valence-corrected chi connectivity index (χ2v) is 7.78. The van der Waals surface area contributed by atoms with Gasteiger partial charge in [0, 0.05) is 41.8 Å². The van der Waals surface area contributed by atoms with Crippen molar-refractivity contribution in [3.05, 3.63) is 58.8 Å². The Morgan fingerprint density at radius 3 is 2.73 bits per heavy atom. The third kappa shape index (κ3) is 2.80. The Bertz CT molecular complexity index is 915. The summed E-state index contributed by atoms with van der Waals surface area (Å²) >= 11 is 0. The van der Waals surface area contributed by atoms with Gasteiger partial charge in [-0.2, -0.15) is 0 Å². The van der Waals surface area contributed by atoms with Crippen molar-refractivity contribution in [2.75, 3.05) is 6.54 Å². The van der Waals surface area contributed by atoms with Crippen LogP contribution in [0.25, 0.3) is 10.9 Å². The number of fused-ring (bicyclic) bond motifs is 1. The zero-order valence-electron chi connectivity index (χ0n) is 16.1. The van der Waals surface area contributed by atoms with E-state index in [0.29, 0.717) is 0 Å². The van der Waals surface area contributed by atoms with E-state index in [9.17, 15) is 4.79 Å². The molecule has 2 aromatic rings. The number of allylic oxidation sites excluding steroid dienone is 1. The normalized spacial score (nSPS) is 21.0. The fourth-order valence-corrected chi connectivity index (χ4v) is 4.56. The van der Waals surface area contributed by atoms with Crippen LogP contribution in [0.2, 0.25) is 0 Å². The van der Waals surface area contributed by atoms with Gasteiger partial charge in [0.1, 0.15) is 0 Å². The van der Waals surface area contributed by atoms with Gasteiger partial charge in [-0.25, -0.2) is 0 Å². The molecule has 4 rings (SSSR count). The maximum atomic E-state index is 13.0. The summed E-state index contributed by atoms with van der Waals surface area (Å²) in [6.07, 6.45) is 10.6. The lowest BCUT2D eigenvalue weighted by atomic mass is 9.96. The van der Waals surface area contributed by atoms with E-state index in [1.807, 2.05) is 6.92 Å². The molecule has 3 nitrogen and oxygen atoms in total. The summed E-state index contributed by atoms with van der Waals surface area (Å²) < 4.78 is 2.18. The lowest BCUT2D eigenvalue weighted by Gasteiger charge is -2.27. The number of amides is 1. The number of hydrogen-bond acceptors (Lipinski definition) is 1. The molecular weight excluding hydrogens is 320 g/mol. The van der Waals surface area contributed by atoms with Gasteiger partial charge in [0.25, 0.3) is 0 Å². The first-order chi connectivity index (χ1) is 12.6. The Hall–Kier alpha value is -2.29. The molecule has 1 aromatic heterocycles. The minimum Gasteiger partial charge on any atom is -0.350 e. The van der Waals surface area contributed by atoms with Crippen LogP contribution in [0.15, 0.2) is 53.3 Å². The largest absolute Gasteiger partial charge is 0.350 e. The lowest BCUT2D eigenvalue weighted by Crippen LogP contribution is -2.31. The van der Waals surface area contributed by atoms with E-state index in [-0.39, 0.29) is 11.9 Å². The van der Waals surface area contributed by atoms with Crippen LogP contribution >= 0.6 is 0 Å². The number of carbonyl (C=O) groups is 1. The molecule has 1 atom stereocenters. The number of aryl methyl sites for hydroxylation is 1.